The summed E-state index contributed by atoms with van der Waals surface area (Å²) in [5.74, 6) is 1.93. The van der Waals surface area contributed by atoms with Gasteiger partial charge in [-0.2, -0.15) is 0 Å². The Morgan fingerprint density at radius 1 is 0.838 bits per heavy atom. The Balaban J connectivity index is 1.45. The first-order chi connectivity index (χ1) is 18.0. The predicted molar refractivity (Wildman–Crippen MR) is 139 cm³/mol. The normalized spacial score (nSPS) is 14.4. The Morgan fingerprint density at radius 2 is 1.49 bits per heavy atom. The van der Waals surface area contributed by atoms with Crippen LogP contribution in [0.1, 0.15) is 34.3 Å². The second-order valence-corrected chi connectivity index (χ2v) is 8.80. The molecular formula is C29H32N2O6. The summed E-state index contributed by atoms with van der Waals surface area (Å²) >= 11 is 0. The van der Waals surface area contributed by atoms with Crippen LogP contribution in [0, 0.1) is 0 Å². The van der Waals surface area contributed by atoms with Crippen molar-refractivity contribution in [3.63, 3.8) is 0 Å². The zero-order valence-electron chi connectivity index (χ0n) is 21.4. The van der Waals surface area contributed by atoms with Gasteiger partial charge in [0.15, 0.2) is 0 Å². The molecule has 0 aliphatic carbocycles. The molecular weight excluding hydrogens is 472 g/mol. The Kier molecular flexibility index (Phi) is 8.18. The lowest BCUT2D eigenvalue weighted by Crippen LogP contribution is -2.48. The maximum Gasteiger partial charge on any atom is 0.408 e. The van der Waals surface area contributed by atoms with Crippen LogP contribution in [0.25, 0.3) is 0 Å². The monoisotopic (exact) mass is 504 g/mol. The van der Waals surface area contributed by atoms with E-state index in [0.29, 0.717) is 48.7 Å². The number of carbonyl (C=O) groups is 2. The first kappa shape index (κ1) is 25.9. The SMILES string of the molecule is COc1ccc(C(=O)N2CCC(OC(=O)NCc3ccc(OC)cc3OC)(c3ccccc3)CC2)cc1. The Morgan fingerprint density at radius 3 is 2.11 bits per heavy atom. The summed E-state index contributed by atoms with van der Waals surface area (Å²) in [5.41, 5.74) is 1.46. The quantitative estimate of drug-likeness (QED) is 0.476. The van der Waals surface area contributed by atoms with Crippen LogP contribution < -0.4 is 19.5 Å². The van der Waals surface area contributed by atoms with Crippen molar-refractivity contribution in [3.05, 3.63) is 89.5 Å². The zero-order chi connectivity index (χ0) is 26.3. The van der Waals surface area contributed by atoms with Crippen molar-refractivity contribution < 1.29 is 28.5 Å². The van der Waals surface area contributed by atoms with Crippen molar-refractivity contribution in [1.82, 2.24) is 10.2 Å². The summed E-state index contributed by atoms with van der Waals surface area (Å²) in [6.45, 7) is 1.15. The number of rotatable bonds is 8. The number of carbonyl (C=O) groups excluding carboxylic acids is 2. The van der Waals surface area contributed by atoms with E-state index < -0.39 is 11.7 Å². The van der Waals surface area contributed by atoms with E-state index in [1.165, 1.54) is 0 Å². The van der Waals surface area contributed by atoms with E-state index in [4.69, 9.17) is 18.9 Å². The molecule has 1 heterocycles. The van der Waals surface area contributed by atoms with Gasteiger partial charge >= 0.3 is 6.09 Å². The molecule has 194 valence electrons. The van der Waals surface area contributed by atoms with Crippen LogP contribution in [-0.4, -0.2) is 51.3 Å². The number of amides is 2. The fraction of sp³-hybridized carbons (Fsp3) is 0.310. The minimum Gasteiger partial charge on any atom is -0.497 e. The smallest absolute Gasteiger partial charge is 0.408 e. The highest BCUT2D eigenvalue weighted by molar-refractivity contribution is 5.94. The number of likely N-dealkylation sites (tertiary alicyclic amines) is 1. The molecule has 1 saturated heterocycles. The van der Waals surface area contributed by atoms with Crippen LogP contribution in [0.3, 0.4) is 0 Å². The summed E-state index contributed by atoms with van der Waals surface area (Å²) < 4.78 is 22.0. The maximum absolute atomic E-state index is 13.1. The van der Waals surface area contributed by atoms with Gasteiger partial charge in [0.2, 0.25) is 0 Å². The van der Waals surface area contributed by atoms with Gasteiger partial charge in [0, 0.05) is 49.7 Å². The third-order valence-electron chi connectivity index (χ3n) is 6.70. The summed E-state index contributed by atoms with van der Waals surface area (Å²) in [6.07, 6.45) is 0.438. The van der Waals surface area contributed by atoms with E-state index in [0.717, 1.165) is 11.1 Å². The van der Waals surface area contributed by atoms with Gasteiger partial charge in [0.1, 0.15) is 22.8 Å². The Hall–Kier alpha value is -4.20. The van der Waals surface area contributed by atoms with Crippen LogP contribution in [0.4, 0.5) is 4.79 Å². The molecule has 0 saturated carbocycles. The van der Waals surface area contributed by atoms with Crippen molar-refractivity contribution in [1.29, 1.82) is 0 Å². The van der Waals surface area contributed by atoms with Gasteiger partial charge in [-0.05, 0) is 42.0 Å². The molecule has 0 aromatic heterocycles. The molecule has 4 rings (SSSR count). The highest BCUT2D eigenvalue weighted by Crippen LogP contribution is 2.37. The van der Waals surface area contributed by atoms with E-state index in [2.05, 4.69) is 5.32 Å². The largest absolute Gasteiger partial charge is 0.497 e. The molecule has 3 aromatic carbocycles. The van der Waals surface area contributed by atoms with Crippen molar-refractivity contribution in [2.75, 3.05) is 34.4 Å². The number of benzene rings is 3. The average Bonchev–Trinajstić information content (AvgIpc) is 2.96. The van der Waals surface area contributed by atoms with E-state index in [1.807, 2.05) is 42.5 Å². The number of hydrogen-bond donors (Lipinski definition) is 1. The lowest BCUT2D eigenvalue weighted by Gasteiger charge is -2.41. The zero-order valence-corrected chi connectivity index (χ0v) is 21.4. The summed E-state index contributed by atoms with van der Waals surface area (Å²) in [5, 5.41) is 2.85. The third kappa shape index (κ3) is 5.97. The predicted octanol–water partition coefficient (Wildman–Crippen LogP) is 4.77. The summed E-state index contributed by atoms with van der Waals surface area (Å²) in [6, 6.07) is 22.2. The molecule has 0 radical (unpaired) electrons. The molecule has 8 nitrogen and oxygen atoms in total. The van der Waals surface area contributed by atoms with Gasteiger partial charge in [-0.3, -0.25) is 4.79 Å². The Labute approximate surface area is 217 Å². The van der Waals surface area contributed by atoms with Gasteiger partial charge in [0.05, 0.1) is 21.3 Å². The highest BCUT2D eigenvalue weighted by Gasteiger charge is 2.41. The first-order valence-corrected chi connectivity index (χ1v) is 12.1. The van der Waals surface area contributed by atoms with Crippen molar-refractivity contribution in [2.24, 2.45) is 0 Å². The fourth-order valence-electron chi connectivity index (χ4n) is 4.56. The van der Waals surface area contributed by atoms with Gasteiger partial charge in [-0.25, -0.2) is 4.79 Å². The van der Waals surface area contributed by atoms with E-state index >= 15 is 0 Å². The van der Waals surface area contributed by atoms with E-state index in [9.17, 15) is 9.59 Å². The molecule has 1 N–H and O–H groups in total. The standard InChI is InChI=1S/C29H32N2O6/c1-34-24-12-9-21(10-13-24)27(32)31-17-15-29(16-18-31,23-7-5-4-6-8-23)37-28(33)30-20-22-11-14-25(35-2)19-26(22)36-3/h4-14,19H,15-18,20H2,1-3H3,(H,30,33). The van der Waals surface area contributed by atoms with Gasteiger partial charge in [-0.15, -0.1) is 0 Å². The molecule has 1 aliphatic rings. The van der Waals surface area contributed by atoms with Crippen LogP contribution >= 0.6 is 0 Å². The average molecular weight is 505 g/mol. The number of alkyl carbamates (subject to hydrolysis) is 1. The maximum atomic E-state index is 13.1. The number of nitrogens with one attached hydrogen (secondary N) is 1. The molecule has 0 unspecified atom stereocenters. The molecule has 0 atom stereocenters. The lowest BCUT2D eigenvalue weighted by atomic mass is 9.84. The number of piperidine rings is 1. The minimum atomic E-state index is -0.841. The van der Waals surface area contributed by atoms with Gasteiger partial charge in [0.25, 0.3) is 5.91 Å². The van der Waals surface area contributed by atoms with Crippen LogP contribution in [0.2, 0.25) is 0 Å². The molecule has 0 spiro atoms. The topological polar surface area (TPSA) is 86.3 Å². The van der Waals surface area contributed by atoms with E-state index in [-0.39, 0.29) is 12.5 Å². The molecule has 8 heteroatoms. The highest BCUT2D eigenvalue weighted by atomic mass is 16.6. The fourth-order valence-corrected chi connectivity index (χ4v) is 4.56. The van der Waals surface area contributed by atoms with Crippen molar-refractivity contribution >= 4 is 12.0 Å². The van der Waals surface area contributed by atoms with Crippen LogP contribution in [0.15, 0.2) is 72.8 Å². The van der Waals surface area contributed by atoms with Crippen LogP contribution in [-0.2, 0) is 16.9 Å². The molecule has 1 aliphatic heterocycles. The molecule has 37 heavy (non-hydrogen) atoms. The number of ether oxygens (including phenoxy) is 4. The van der Waals surface area contributed by atoms with E-state index in [1.54, 1.807) is 56.6 Å². The Bertz CT molecular complexity index is 1200. The summed E-state index contributed by atoms with van der Waals surface area (Å²) in [4.78, 5) is 27.9. The summed E-state index contributed by atoms with van der Waals surface area (Å²) in [7, 11) is 4.75. The van der Waals surface area contributed by atoms with Gasteiger partial charge in [-0.1, -0.05) is 30.3 Å². The van der Waals surface area contributed by atoms with Crippen molar-refractivity contribution in [2.45, 2.75) is 25.0 Å². The third-order valence-corrected chi connectivity index (χ3v) is 6.70. The molecule has 0 bridgehead atoms. The molecule has 1 fully saturated rings. The first-order valence-electron chi connectivity index (χ1n) is 12.1. The van der Waals surface area contributed by atoms with Crippen molar-refractivity contribution in [3.8, 4) is 17.2 Å². The lowest BCUT2D eigenvalue weighted by molar-refractivity contribution is -0.0359. The van der Waals surface area contributed by atoms with Gasteiger partial charge < -0.3 is 29.2 Å². The number of nitrogens with zero attached hydrogens (tertiary/aromatic N) is 1. The molecule has 2 amide bonds. The second kappa shape index (κ2) is 11.7. The second-order valence-electron chi connectivity index (χ2n) is 8.80. The number of methoxy groups -OCH3 is 3. The number of hydrogen-bond acceptors (Lipinski definition) is 6. The van der Waals surface area contributed by atoms with Crippen LogP contribution in [0.5, 0.6) is 17.2 Å². The minimum absolute atomic E-state index is 0.0552. The molecule has 3 aromatic rings.